The molecule has 0 fully saturated rings. The van der Waals surface area contributed by atoms with E-state index in [-0.39, 0.29) is 11.8 Å². The van der Waals surface area contributed by atoms with Gasteiger partial charge in [0, 0.05) is 6.20 Å². The van der Waals surface area contributed by atoms with Crippen molar-refractivity contribution in [1.82, 2.24) is 19.9 Å². The Bertz CT molecular complexity index is 877. The Morgan fingerprint density at radius 3 is 2.76 bits per heavy atom. The second-order valence-electron chi connectivity index (χ2n) is 5.11. The molecule has 0 unspecified atom stereocenters. The van der Waals surface area contributed by atoms with Gasteiger partial charge in [-0.15, -0.1) is 10.2 Å². The minimum atomic E-state index is -4.45. The van der Waals surface area contributed by atoms with E-state index < -0.39 is 23.7 Å². The molecule has 0 spiro atoms. The predicted octanol–water partition coefficient (Wildman–Crippen LogP) is 3.70. The van der Waals surface area contributed by atoms with Crippen molar-refractivity contribution in [2.75, 3.05) is 0 Å². The van der Waals surface area contributed by atoms with Crippen LogP contribution in [-0.4, -0.2) is 20.5 Å². The van der Waals surface area contributed by atoms with Crippen molar-refractivity contribution in [2.45, 2.75) is 19.1 Å². The van der Waals surface area contributed by atoms with Crippen molar-refractivity contribution in [2.24, 2.45) is 0 Å². The lowest BCUT2D eigenvalue weighted by atomic mass is 10.0. The number of halogens is 3. The maximum atomic E-state index is 12.8. The molecule has 1 atom stereocenters. The Morgan fingerprint density at radius 1 is 1.28 bits per heavy atom. The van der Waals surface area contributed by atoms with Gasteiger partial charge in [-0.1, -0.05) is 12.1 Å². The van der Waals surface area contributed by atoms with E-state index in [4.69, 9.17) is 4.42 Å². The lowest BCUT2D eigenvalue weighted by molar-refractivity contribution is -0.137. The summed E-state index contributed by atoms with van der Waals surface area (Å²) in [5.74, 6) is -0.797. The lowest BCUT2D eigenvalue weighted by Crippen LogP contribution is -2.27. The van der Waals surface area contributed by atoms with E-state index >= 15 is 0 Å². The van der Waals surface area contributed by atoms with Gasteiger partial charge >= 0.3 is 18.0 Å². The molecule has 0 bridgehead atoms. The van der Waals surface area contributed by atoms with Gasteiger partial charge in [0.05, 0.1) is 11.6 Å². The minimum absolute atomic E-state index is 0.152. The average Bonchev–Trinajstić information content (AvgIpc) is 3.25. The van der Waals surface area contributed by atoms with E-state index in [2.05, 4.69) is 19.9 Å². The number of benzene rings is 1. The van der Waals surface area contributed by atoms with Gasteiger partial charge in [-0.25, -0.2) is 4.37 Å². The maximum Gasteiger partial charge on any atom is 0.416 e. The summed E-state index contributed by atoms with van der Waals surface area (Å²) in [4.78, 5) is 12.8. The van der Waals surface area contributed by atoms with E-state index in [0.717, 1.165) is 23.7 Å². The molecule has 0 aliphatic heterocycles. The molecule has 2 aromatic heterocycles. The zero-order valence-corrected chi connectivity index (χ0v) is 13.6. The van der Waals surface area contributed by atoms with Crippen LogP contribution in [0.2, 0.25) is 0 Å². The predicted molar refractivity (Wildman–Crippen MR) is 82.7 cm³/mol. The van der Waals surface area contributed by atoms with Gasteiger partial charge in [-0.3, -0.25) is 4.79 Å². The smallest absolute Gasteiger partial charge is 0.411 e. The topological polar surface area (TPSA) is 80.9 Å². The van der Waals surface area contributed by atoms with Gasteiger partial charge in [0.15, 0.2) is 0 Å². The molecule has 130 valence electrons. The molecule has 25 heavy (non-hydrogen) atoms. The second kappa shape index (κ2) is 6.63. The number of nitrogens with zero attached hydrogens (tertiary/aromatic N) is 3. The summed E-state index contributed by atoms with van der Waals surface area (Å²) in [5, 5.41) is 9.93. The Kier molecular flexibility index (Phi) is 4.53. The monoisotopic (exact) mass is 368 g/mol. The Balaban J connectivity index is 1.73. The number of rotatable bonds is 4. The van der Waals surface area contributed by atoms with Crippen LogP contribution in [-0.2, 0) is 6.18 Å². The highest BCUT2D eigenvalue weighted by Crippen LogP contribution is 2.30. The largest absolute Gasteiger partial charge is 0.416 e. The molecule has 2 heterocycles. The van der Waals surface area contributed by atoms with E-state index in [1.54, 1.807) is 19.2 Å². The molecule has 0 radical (unpaired) electrons. The highest BCUT2D eigenvalue weighted by molar-refractivity contribution is 7.09. The molecule has 0 saturated carbocycles. The van der Waals surface area contributed by atoms with E-state index in [9.17, 15) is 18.0 Å². The van der Waals surface area contributed by atoms with Gasteiger partial charge in [0.25, 0.3) is 5.89 Å². The third kappa shape index (κ3) is 3.85. The summed E-state index contributed by atoms with van der Waals surface area (Å²) in [7, 11) is 0. The minimum Gasteiger partial charge on any atom is -0.411 e. The summed E-state index contributed by atoms with van der Waals surface area (Å²) in [6.07, 6.45) is -2.89. The molecule has 3 rings (SSSR count). The van der Waals surface area contributed by atoms with Gasteiger partial charge in [0.1, 0.15) is 4.88 Å². The zero-order chi connectivity index (χ0) is 18.0. The molecular weight excluding hydrogens is 357 g/mol. The van der Waals surface area contributed by atoms with Crippen LogP contribution in [0.15, 0.2) is 40.9 Å². The van der Waals surface area contributed by atoms with Crippen molar-refractivity contribution in [3.8, 4) is 10.8 Å². The lowest BCUT2D eigenvalue weighted by Gasteiger charge is -2.15. The Labute approximate surface area is 143 Å². The number of hydrogen-bond acceptors (Lipinski definition) is 6. The van der Waals surface area contributed by atoms with Crippen molar-refractivity contribution >= 4 is 17.4 Å². The molecule has 1 N–H and O–H groups in total. The number of carbonyl (C=O) groups is 1. The van der Waals surface area contributed by atoms with Gasteiger partial charge in [-0.05, 0) is 42.2 Å². The highest BCUT2D eigenvalue weighted by atomic mass is 32.1. The van der Waals surface area contributed by atoms with Crippen LogP contribution in [0, 0.1) is 0 Å². The highest BCUT2D eigenvalue weighted by Gasteiger charge is 2.31. The summed E-state index contributed by atoms with van der Waals surface area (Å²) in [5.41, 5.74) is -0.471. The molecule has 0 aliphatic rings. The maximum absolute atomic E-state index is 12.8. The van der Waals surface area contributed by atoms with E-state index in [1.165, 1.54) is 12.1 Å². The molecule has 1 aromatic carbocycles. The van der Waals surface area contributed by atoms with Crippen LogP contribution in [0.3, 0.4) is 0 Å². The quantitative estimate of drug-likeness (QED) is 0.759. The summed E-state index contributed by atoms with van der Waals surface area (Å²) in [6.45, 7) is 1.56. The first-order valence-electron chi connectivity index (χ1n) is 7.07. The van der Waals surface area contributed by atoms with Crippen molar-refractivity contribution in [3.63, 3.8) is 0 Å². The van der Waals surface area contributed by atoms with Gasteiger partial charge in [-0.2, -0.15) is 13.2 Å². The summed E-state index contributed by atoms with van der Waals surface area (Å²) in [6, 6.07) is 5.73. The van der Waals surface area contributed by atoms with Crippen molar-refractivity contribution in [3.05, 3.63) is 53.5 Å². The second-order valence-corrected chi connectivity index (χ2v) is 5.94. The van der Waals surface area contributed by atoms with Gasteiger partial charge < -0.3 is 9.73 Å². The molecule has 10 heteroatoms. The zero-order valence-electron chi connectivity index (χ0n) is 12.7. The van der Waals surface area contributed by atoms with Crippen LogP contribution in [0.1, 0.15) is 34.8 Å². The molecule has 0 saturated heterocycles. The number of hydrogen-bond donors (Lipinski definition) is 1. The molecule has 3 aromatic rings. The van der Waals surface area contributed by atoms with E-state index in [1.807, 2.05) is 0 Å². The third-order valence-electron chi connectivity index (χ3n) is 3.33. The molecular formula is C15H11F3N4O2S. The van der Waals surface area contributed by atoms with Crippen LogP contribution in [0.25, 0.3) is 10.8 Å². The Hall–Kier alpha value is -2.75. The number of carbonyl (C=O) groups excluding carboxylic acids is 1. The first-order chi connectivity index (χ1) is 11.8. The fourth-order valence-corrected chi connectivity index (χ4v) is 2.58. The summed E-state index contributed by atoms with van der Waals surface area (Å²) >= 11 is 1.13. The van der Waals surface area contributed by atoms with Crippen molar-refractivity contribution < 1.29 is 22.4 Å². The first-order valence-corrected chi connectivity index (χ1v) is 7.84. The van der Waals surface area contributed by atoms with Crippen LogP contribution >= 0.6 is 11.5 Å². The molecule has 6 nitrogen and oxygen atoms in total. The standard InChI is InChI=1S/C15H11F3N4O2S/c1-8(9-3-2-4-10(7-9)15(16,17)18)20-12(23)14-22-21-13(24-14)11-5-6-19-25-11/h2-8H,1H3,(H,20,23)/t8-/m1/s1. The number of aromatic nitrogens is 3. The number of nitrogens with one attached hydrogen (secondary N) is 1. The first kappa shape index (κ1) is 17.1. The fourth-order valence-electron chi connectivity index (χ4n) is 2.07. The van der Waals surface area contributed by atoms with E-state index in [0.29, 0.717) is 10.4 Å². The van der Waals surface area contributed by atoms with Crippen LogP contribution in [0.5, 0.6) is 0 Å². The molecule has 1 amide bonds. The fraction of sp³-hybridized carbons (Fsp3) is 0.200. The average molecular weight is 368 g/mol. The third-order valence-corrected chi connectivity index (χ3v) is 4.06. The normalized spacial score (nSPS) is 12.8. The van der Waals surface area contributed by atoms with Crippen LogP contribution < -0.4 is 5.32 Å². The number of alkyl halides is 3. The van der Waals surface area contributed by atoms with Gasteiger partial charge in [0.2, 0.25) is 0 Å². The summed E-state index contributed by atoms with van der Waals surface area (Å²) < 4.78 is 47.5. The molecule has 0 aliphatic carbocycles. The van der Waals surface area contributed by atoms with Crippen molar-refractivity contribution in [1.29, 1.82) is 0 Å². The SMILES string of the molecule is C[C@@H](NC(=O)c1nnc(-c2ccns2)o1)c1cccc(C(F)(F)F)c1. The van der Waals surface area contributed by atoms with Crippen LogP contribution in [0.4, 0.5) is 13.2 Å². The number of amides is 1. The Morgan fingerprint density at radius 2 is 2.08 bits per heavy atom.